The number of ether oxygens (including phenoxy) is 2. The van der Waals surface area contributed by atoms with Gasteiger partial charge in [-0.3, -0.25) is 4.79 Å². The zero-order valence-corrected chi connectivity index (χ0v) is 10.7. The van der Waals surface area contributed by atoms with E-state index in [0.29, 0.717) is 24.1 Å². The average Bonchev–Trinajstić information content (AvgIpc) is 3.20. The van der Waals surface area contributed by atoms with E-state index >= 15 is 0 Å². The van der Waals surface area contributed by atoms with Gasteiger partial charge in [0.25, 0.3) is 5.91 Å². The van der Waals surface area contributed by atoms with Gasteiger partial charge in [0.15, 0.2) is 17.6 Å². The second kappa shape index (κ2) is 4.19. The number of rotatable bonds is 2. The molecule has 0 radical (unpaired) electrons. The van der Waals surface area contributed by atoms with E-state index in [1.165, 1.54) is 0 Å². The van der Waals surface area contributed by atoms with Crippen LogP contribution >= 0.6 is 0 Å². The maximum atomic E-state index is 12.3. The van der Waals surface area contributed by atoms with E-state index in [4.69, 9.17) is 9.47 Å². The van der Waals surface area contributed by atoms with Crippen molar-refractivity contribution in [2.75, 3.05) is 7.11 Å². The fourth-order valence-electron chi connectivity index (χ4n) is 2.40. The molecule has 1 aliphatic carbocycles. The van der Waals surface area contributed by atoms with Crippen LogP contribution in [0.5, 0.6) is 11.5 Å². The first kappa shape index (κ1) is 11.4. The first-order valence-corrected chi connectivity index (χ1v) is 6.33. The van der Waals surface area contributed by atoms with E-state index in [1.807, 2.05) is 23.1 Å². The number of carbonyl (C=O) groups is 1. The highest BCUT2D eigenvalue weighted by Gasteiger charge is 2.38. The lowest BCUT2D eigenvalue weighted by Gasteiger charge is -2.21. The molecule has 1 heterocycles. The molecule has 1 aliphatic heterocycles. The zero-order chi connectivity index (χ0) is 12.7. The Kier molecular flexibility index (Phi) is 2.65. The number of nitrogens with zero attached hydrogens (tertiary/aromatic N) is 1. The molecule has 4 heteroatoms. The van der Waals surface area contributed by atoms with Crippen LogP contribution in [-0.4, -0.2) is 30.1 Å². The molecule has 2 aliphatic rings. The second-order valence-corrected chi connectivity index (χ2v) is 4.91. The molecule has 0 N–H and O–H groups in total. The molecule has 0 unspecified atom stereocenters. The first-order chi connectivity index (χ1) is 8.70. The number of benzene rings is 1. The van der Waals surface area contributed by atoms with Gasteiger partial charge in [-0.25, -0.2) is 0 Å². The third-order valence-corrected chi connectivity index (χ3v) is 3.53. The normalized spacial score (nSPS) is 23.1. The molecule has 0 spiro atoms. The minimum absolute atomic E-state index is 0.0794. The van der Waals surface area contributed by atoms with Gasteiger partial charge < -0.3 is 14.4 Å². The molecule has 18 heavy (non-hydrogen) atoms. The van der Waals surface area contributed by atoms with Crippen LogP contribution in [0.25, 0.3) is 0 Å². The summed E-state index contributed by atoms with van der Waals surface area (Å²) < 4.78 is 11.1. The molecule has 1 aromatic carbocycles. The summed E-state index contributed by atoms with van der Waals surface area (Å²) in [4.78, 5) is 14.2. The summed E-state index contributed by atoms with van der Waals surface area (Å²) >= 11 is 0. The second-order valence-electron chi connectivity index (χ2n) is 4.91. The fourth-order valence-corrected chi connectivity index (χ4v) is 2.40. The molecule has 0 bridgehead atoms. The predicted octanol–water partition coefficient (Wildman–Crippen LogP) is 1.97. The maximum absolute atomic E-state index is 12.3. The van der Waals surface area contributed by atoms with Crippen LogP contribution in [0.4, 0.5) is 0 Å². The summed E-state index contributed by atoms with van der Waals surface area (Å²) in [5.74, 6) is 1.49. The number of carbonyl (C=O) groups excluding carboxylic acids is 1. The summed E-state index contributed by atoms with van der Waals surface area (Å²) in [5, 5.41) is 0. The van der Waals surface area contributed by atoms with Crippen molar-refractivity contribution in [3.8, 4) is 11.5 Å². The van der Waals surface area contributed by atoms with E-state index in [0.717, 1.165) is 18.4 Å². The molecular weight excluding hydrogens is 230 g/mol. The Morgan fingerprint density at radius 3 is 2.83 bits per heavy atom. The third-order valence-electron chi connectivity index (χ3n) is 3.53. The molecule has 3 rings (SSSR count). The van der Waals surface area contributed by atoms with Gasteiger partial charge in [0.1, 0.15) is 0 Å². The molecule has 1 aromatic rings. The Morgan fingerprint density at radius 2 is 2.17 bits per heavy atom. The van der Waals surface area contributed by atoms with Crippen LogP contribution in [0.3, 0.4) is 0 Å². The minimum atomic E-state index is -0.442. The van der Waals surface area contributed by atoms with Crippen molar-refractivity contribution in [3.05, 3.63) is 23.8 Å². The molecule has 96 valence electrons. The van der Waals surface area contributed by atoms with Crippen molar-refractivity contribution in [1.29, 1.82) is 0 Å². The van der Waals surface area contributed by atoms with Crippen molar-refractivity contribution < 1.29 is 14.3 Å². The molecule has 0 saturated heterocycles. The average molecular weight is 247 g/mol. The molecule has 0 aromatic heterocycles. The third kappa shape index (κ3) is 1.82. The Bertz CT molecular complexity index is 482. The highest BCUT2D eigenvalue weighted by atomic mass is 16.5. The molecule has 4 nitrogen and oxygen atoms in total. The van der Waals surface area contributed by atoms with E-state index in [9.17, 15) is 4.79 Å². The standard InChI is InChI=1S/C14H17NO3/c1-9-14(16)15(11-6-7-11)8-10-4-3-5-12(17-2)13(10)18-9/h3-5,9,11H,6-8H2,1-2H3/t9-/m1/s1. The maximum Gasteiger partial charge on any atom is 0.263 e. The largest absolute Gasteiger partial charge is 0.493 e. The number of para-hydroxylation sites is 1. The van der Waals surface area contributed by atoms with Crippen molar-refractivity contribution in [2.45, 2.75) is 38.5 Å². The van der Waals surface area contributed by atoms with Crippen molar-refractivity contribution in [2.24, 2.45) is 0 Å². The Labute approximate surface area is 106 Å². The van der Waals surface area contributed by atoms with Gasteiger partial charge >= 0.3 is 0 Å². The molecule has 1 amide bonds. The van der Waals surface area contributed by atoms with Crippen LogP contribution in [-0.2, 0) is 11.3 Å². The van der Waals surface area contributed by atoms with Crippen LogP contribution in [0.2, 0.25) is 0 Å². The summed E-state index contributed by atoms with van der Waals surface area (Å²) in [6.45, 7) is 2.43. The summed E-state index contributed by atoms with van der Waals surface area (Å²) in [6, 6.07) is 6.20. The van der Waals surface area contributed by atoms with Crippen molar-refractivity contribution >= 4 is 5.91 Å². The number of hydrogen-bond donors (Lipinski definition) is 0. The van der Waals surface area contributed by atoms with Crippen LogP contribution in [0.15, 0.2) is 18.2 Å². The van der Waals surface area contributed by atoms with E-state index in [2.05, 4.69) is 0 Å². The van der Waals surface area contributed by atoms with Crippen molar-refractivity contribution in [1.82, 2.24) is 4.90 Å². The molecular formula is C14H17NO3. The van der Waals surface area contributed by atoms with E-state index in [1.54, 1.807) is 14.0 Å². The van der Waals surface area contributed by atoms with Crippen LogP contribution < -0.4 is 9.47 Å². The quantitative estimate of drug-likeness (QED) is 0.802. The first-order valence-electron chi connectivity index (χ1n) is 6.33. The van der Waals surface area contributed by atoms with Gasteiger partial charge in [-0.05, 0) is 25.8 Å². The van der Waals surface area contributed by atoms with Gasteiger partial charge in [0.05, 0.1) is 7.11 Å². The molecule has 1 atom stereocenters. The van der Waals surface area contributed by atoms with Crippen LogP contribution in [0.1, 0.15) is 25.3 Å². The van der Waals surface area contributed by atoms with Gasteiger partial charge in [0, 0.05) is 18.2 Å². The molecule has 1 fully saturated rings. The lowest BCUT2D eigenvalue weighted by molar-refractivity contribution is -0.138. The highest BCUT2D eigenvalue weighted by molar-refractivity contribution is 5.82. The van der Waals surface area contributed by atoms with Gasteiger partial charge in [0.2, 0.25) is 0 Å². The van der Waals surface area contributed by atoms with Crippen molar-refractivity contribution in [3.63, 3.8) is 0 Å². The predicted molar refractivity (Wildman–Crippen MR) is 66.7 cm³/mol. The molecule has 1 saturated carbocycles. The Hall–Kier alpha value is -1.71. The fraction of sp³-hybridized carbons (Fsp3) is 0.500. The lowest BCUT2D eigenvalue weighted by atomic mass is 10.1. The topological polar surface area (TPSA) is 38.8 Å². The number of hydrogen-bond acceptors (Lipinski definition) is 3. The Morgan fingerprint density at radius 1 is 1.39 bits per heavy atom. The zero-order valence-electron chi connectivity index (χ0n) is 10.7. The summed E-state index contributed by atoms with van der Waals surface area (Å²) in [5.41, 5.74) is 1.03. The van der Waals surface area contributed by atoms with Crippen LogP contribution in [0, 0.1) is 0 Å². The smallest absolute Gasteiger partial charge is 0.263 e. The monoisotopic (exact) mass is 247 g/mol. The SMILES string of the molecule is COc1cccc2c1O[C@H](C)C(=O)N(C1CC1)C2. The number of fused-ring (bicyclic) bond motifs is 1. The minimum Gasteiger partial charge on any atom is -0.493 e. The van der Waals surface area contributed by atoms with E-state index < -0.39 is 6.10 Å². The van der Waals surface area contributed by atoms with E-state index in [-0.39, 0.29) is 5.91 Å². The number of methoxy groups -OCH3 is 1. The van der Waals surface area contributed by atoms with Gasteiger partial charge in [-0.1, -0.05) is 12.1 Å². The number of amides is 1. The van der Waals surface area contributed by atoms with Gasteiger partial charge in [-0.2, -0.15) is 0 Å². The lowest BCUT2D eigenvalue weighted by Crippen LogP contribution is -2.39. The summed E-state index contributed by atoms with van der Waals surface area (Å²) in [7, 11) is 1.62. The van der Waals surface area contributed by atoms with Gasteiger partial charge in [-0.15, -0.1) is 0 Å². The highest BCUT2D eigenvalue weighted by Crippen LogP contribution is 2.38. The summed E-state index contributed by atoms with van der Waals surface area (Å²) in [6.07, 6.45) is 1.78. The Balaban J connectivity index is 2.01.